The van der Waals surface area contributed by atoms with Gasteiger partial charge in [0.2, 0.25) is 5.91 Å². The minimum atomic E-state index is -4.60. The predicted octanol–water partition coefficient (Wildman–Crippen LogP) is 4.08. The van der Waals surface area contributed by atoms with E-state index in [1.54, 1.807) is 12.1 Å². The van der Waals surface area contributed by atoms with Gasteiger partial charge in [-0.3, -0.25) is 14.8 Å². The number of nitrogens with zero attached hydrogens (tertiary/aromatic N) is 3. The molecule has 1 atom stereocenters. The topological polar surface area (TPSA) is 66.3 Å². The van der Waals surface area contributed by atoms with Gasteiger partial charge in [-0.25, -0.2) is 8.78 Å². The van der Waals surface area contributed by atoms with E-state index in [-0.39, 0.29) is 30.6 Å². The molecule has 0 radical (unpaired) electrons. The van der Waals surface area contributed by atoms with E-state index in [1.165, 1.54) is 23.4 Å². The third-order valence-corrected chi connectivity index (χ3v) is 4.64. The first-order chi connectivity index (χ1) is 15.1. The Bertz CT molecular complexity index is 1060. The van der Waals surface area contributed by atoms with Gasteiger partial charge in [-0.05, 0) is 35.4 Å². The maximum absolute atomic E-state index is 13.6. The normalized spacial score (nSPS) is 12.4. The molecule has 5 nitrogen and oxygen atoms in total. The van der Waals surface area contributed by atoms with E-state index in [0.717, 1.165) is 30.5 Å². The van der Waals surface area contributed by atoms with Crippen LogP contribution in [0.3, 0.4) is 0 Å². The summed E-state index contributed by atoms with van der Waals surface area (Å²) >= 11 is 0. The van der Waals surface area contributed by atoms with Crippen molar-refractivity contribution in [2.75, 3.05) is 6.54 Å². The second-order valence-corrected chi connectivity index (χ2v) is 7.05. The van der Waals surface area contributed by atoms with Crippen LogP contribution in [0.5, 0.6) is 0 Å². The Kier molecular flexibility index (Phi) is 7.14. The smallest absolute Gasteiger partial charge is 0.386 e. The molecule has 168 valence electrons. The maximum Gasteiger partial charge on any atom is 0.433 e. The van der Waals surface area contributed by atoms with Crippen molar-refractivity contribution in [2.45, 2.75) is 25.2 Å². The molecular formula is C22H18F5N3O2. The number of rotatable bonds is 7. The Balaban J connectivity index is 1.79. The van der Waals surface area contributed by atoms with Crippen LogP contribution in [-0.2, 0) is 23.9 Å². The lowest BCUT2D eigenvalue weighted by Gasteiger charge is -2.26. The summed E-state index contributed by atoms with van der Waals surface area (Å²) in [5.74, 6) is -2.67. The van der Waals surface area contributed by atoms with E-state index >= 15 is 0 Å². The zero-order valence-corrected chi connectivity index (χ0v) is 16.6. The van der Waals surface area contributed by atoms with Gasteiger partial charge in [-0.2, -0.15) is 13.2 Å². The first-order valence-electron chi connectivity index (χ1n) is 9.45. The number of pyridine rings is 2. The molecule has 0 bridgehead atoms. The summed E-state index contributed by atoms with van der Waals surface area (Å²) in [6.07, 6.45) is -2.14. The largest absolute Gasteiger partial charge is 0.433 e. The third-order valence-electron chi connectivity index (χ3n) is 4.64. The average molecular weight is 451 g/mol. The predicted molar refractivity (Wildman–Crippen MR) is 104 cm³/mol. The van der Waals surface area contributed by atoms with Gasteiger partial charge in [-0.1, -0.05) is 18.2 Å². The zero-order chi connectivity index (χ0) is 23.3. The lowest BCUT2D eigenvalue weighted by atomic mass is 10.1. The molecule has 0 spiro atoms. The lowest BCUT2D eigenvalue weighted by Crippen LogP contribution is -2.35. The summed E-state index contributed by atoms with van der Waals surface area (Å²) in [5.41, 5.74) is -0.138. The molecule has 0 saturated heterocycles. The Morgan fingerprint density at radius 2 is 1.78 bits per heavy atom. The number of hydrogen-bond donors (Lipinski definition) is 1. The molecule has 0 aliphatic heterocycles. The number of benzene rings is 1. The number of aliphatic hydroxyl groups excluding tert-OH is 1. The molecule has 32 heavy (non-hydrogen) atoms. The van der Waals surface area contributed by atoms with Gasteiger partial charge >= 0.3 is 6.18 Å². The molecule has 0 saturated carbocycles. The summed E-state index contributed by atoms with van der Waals surface area (Å²) in [5, 5.41) is 10.5. The summed E-state index contributed by atoms with van der Waals surface area (Å²) < 4.78 is 64.9. The second-order valence-electron chi connectivity index (χ2n) is 7.05. The highest BCUT2D eigenvalue weighted by molar-refractivity contribution is 5.78. The van der Waals surface area contributed by atoms with Crippen molar-refractivity contribution in [2.24, 2.45) is 0 Å². The van der Waals surface area contributed by atoms with E-state index in [1.807, 2.05) is 0 Å². The molecule has 1 aromatic carbocycles. The number of hydrogen-bond acceptors (Lipinski definition) is 4. The van der Waals surface area contributed by atoms with Gasteiger partial charge in [0, 0.05) is 30.7 Å². The van der Waals surface area contributed by atoms with Crippen LogP contribution >= 0.6 is 0 Å². The first kappa shape index (κ1) is 23.3. The molecule has 2 aromatic heterocycles. The lowest BCUT2D eigenvalue weighted by molar-refractivity contribution is -0.141. The Morgan fingerprint density at radius 3 is 2.38 bits per heavy atom. The molecule has 0 aliphatic carbocycles. The standard InChI is InChI=1S/C22H18F5N3O2/c23-17-5-3-15(8-18(17)24)12-30(13-19(31)16-2-1-7-28-11-16)21(32)9-14-4-6-20(29-10-14)22(25,26)27/h1-8,10-11,19,31H,9,12-13H2. The molecule has 3 rings (SSSR count). The molecule has 1 N–H and O–H groups in total. The molecule has 1 unspecified atom stereocenters. The number of alkyl halides is 3. The molecular weight excluding hydrogens is 433 g/mol. The van der Waals surface area contributed by atoms with Crippen molar-refractivity contribution >= 4 is 5.91 Å². The van der Waals surface area contributed by atoms with Gasteiger partial charge in [0.05, 0.1) is 19.1 Å². The molecule has 0 aliphatic rings. The summed E-state index contributed by atoms with van der Waals surface area (Å²) in [7, 11) is 0. The van der Waals surface area contributed by atoms with Gasteiger partial charge in [0.1, 0.15) is 5.69 Å². The number of aromatic nitrogens is 2. The van der Waals surface area contributed by atoms with Crippen LogP contribution in [0.4, 0.5) is 22.0 Å². The van der Waals surface area contributed by atoms with Crippen molar-refractivity contribution in [1.29, 1.82) is 0 Å². The van der Waals surface area contributed by atoms with Crippen molar-refractivity contribution < 1.29 is 31.9 Å². The van der Waals surface area contributed by atoms with E-state index in [9.17, 15) is 31.9 Å². The van der Waals surface area contributed by atoms with Crippen LogP contribution in [0, 0.1) is 11.6 Å². The van der Waals surface area contributed by atoms with Crippen LogP contribution in [-0.4, -0.2) is 32.4 Å². The van der Waals surface area contributed by atoms with Gasteiger partial charge in [-0.15, -0.1) is 0 Å². The van der Waals surface area contributed by atoms with Crippen LogP contribution in [0.1, 0.15) is 28.5 Å². The van der Waals surface area contributed by atoms with E-state index in [0.29, 0.717) is 5.56 Å². The zero-order valence-electron chi connectivity index (χ0n) is 16.6. The fraction of sp³-hybridized carbons (Fsp3) is 0.227. The number of amides is 1. The van der Waals surface area contributed by atoms with Crippen molar-refractivity contribution in [1.82, 2.24) is 14.9 Å². The van der Waals surface area contributed by atoms with Crippen LogP contribution in [0.15, 0.2) is 61.1 Å². The van der Waals surface area contributed by atoms with E-state index in [4.69, 9.17) is 0 Å². The number of halogens is 5. The Morgan fingerprint density at radius 1 is 1.03 bits per heavy atom. The van der Waals surface area contributed by atoms with Crippen LogP contribution in [0.25, 0.3) is 0 Å². The number of carbonyl (C=O) groups is 1. The van der Waals surface area contributed by atoms with Gasteiger partial charge in [0.15, 0.2) is 11.6 Å². The maximum atomic E-state index is 13.6. The van der Waals surface area contributed by atoms with E-state index in [2.05, 4.69) is 9.97 Å². The first-order valence-corrected chi connectivity index (χ1v) is 9.45. The third kappa shape index (κ3) is 6.07. The minimum absolute atomic E-state index is 0.151. The number of carbonyl (C=O) groups excluding carboxylic acids is 1. The Labute approximate surface area is 180 Å². The fourth-order valence-corrected chi connectivity index (χ4v) is 2.98. The monoisotopic (exact) mass is 451 g/mol. The highest BCUT2D eigenvalue weighted by Crippen LogP contribution is 2.27. The van der Waals surface area contributed by atoms with Gasteiger partial charge < -0.3 is 10.0 Å². The van der Waals surface area contributed by atoms with Crippen LogP contribution < -0.4 is 0 Å². The van der Waals surface area contributed by atoms with Gasteiger partial charge in [0.25, 0.3) is 0 Å². The van der Waals surface area contributed by atoms with Crippen molar-refractivity contribution in [3.05, 3.63) is 95.1 Å². The highest BCUT2D eigenvalue weighted by atomic mass is 19.4. The highest BCUT2D eigenvalue weighted by Gasteiger charge is 2.32. The minimum Gasteiger partial charge on any atom is -0.386 e. The summed E-state index contributed by atoms with van der Waals surface area (Å²) in [6, 6.07) is 8.28. The summed E-state index contributed by atoms with van der Waals surface area (Å²) in [4.78, 5) is 21.3. The Hall–Kier alpha value is -3.40. The van der Waals surface area contributed by atoms with Crippen molar-refractivity contribution in [3.63, 3.8) is 0 Å². The van der Waals surface area contributed by atoms with Crippen LogP contribution in [0.2, 0.25) is 0 Å². The molecule has 2 heterocycles. The SMILES string of the molecule is O=C(Cc1ccc(C(F)(F)F)nc1)N(Cc1ccc(F)c(F)c1)CC(O)c1cccnc1. The fourth-order valence-electron chi connectivity index (χ4n) is 2.98. The number of aliphatic hydroxyl groups is 1. The summed E-state index contributed by atoms with van der Waals surface area (Å²) in [6.45, 7) is -0.348. The molecule has 0 fully saturated rings. The average Bonchev–Trinajstić information content (AvgIpc) is 2.76. The molecule has 3 aromatic rings. The quantitative estimate of drug-likeness (QED) is 0.550. The molecule has 1 amide bonds. The van der Waals surface area contributed by atoms with Crippen molar-refractivity contribution in [3.8, 4) is 0 Å². The molecule has 10 heteroatoms. The second kappa shape index (κ2) is 9.82. The van der Waals surface area contributed by atoms with E-state index < -0.39 is 35.5 Å².